The molecule has 2 N–H and O–H groups in total. The van der Waals surface area contributed by atoms with E-state index >= 15 is 0 Å². The summed E-state index contributed by atoms with van der Waals surface area (Å²) in [6.07, 6.45) is 1.24. The van der Waals surface area contributed by atoms with Gasteiger partial charge in [-0.15, -0.1) is 0 Å². The molecule has 1 aromatic heterocycles. The van der Waals surface area contributed by atoms with Crippen LogP contribution >= 0.6 is 23.2 Å². The summed E-state index contributed by atoms with van der Waals surface area (Å²) < 4.78 is 13.0. The minimum Gasteiger partial charge on any atom is -0.387 e. The van der Waals surface area contributed by atoms with E-state index in [-0.39, 0.29) is 12.1 Å². The van der Waals surface area contributed by atoms with Crippen LogP contribution in [0.4, 0.5) is 4.39 Å². The molecule has 1 unspecified atom stereocenters. The number of hydrogen-bond acceptors (Lipinski definition) is 3. The molecule has 0 bridgehead atoms. The van der Waals surface area contributed by atoms with Crippen molar-refractivity contribution < 1.29 is 14.3 Å². The first-order valence-corrected chi connectivity index (χ1v) is 6.74. The Morgan fingerprint density at radius 1 is 1.33 bits per heavy atom. The molecule has 0 aliphatic carbocycles. The van der Waals surface area contributed by atoms with Crippen LogP contribution in [0.2, 0.25) is 10.0 Å². The zero-order valence-electron chi connectivity index (χ0n) is 10.7. The molecule has 0 saturated carbocycles. The highest BCUT2D eigenvalue weighted by Gasteiger charge is 2.14. The van der Waals surface area contributed by atoms with Crippen LogP contribution in [-0.2, 0) is 0 Å². The lowest BCUT2D eigenvalue weighted by Gasteiger charge is -2.14. The monoisotopic (exact) mass is 328 g/mol. The van der Waals surface area contributed by atoms with Crippen LogP contribution in [0.15, 0.2) is 36.7 Å². The topological polar surface area (TPSA) is 62.2 Å². The molecule has 0 saturated heterocycles. The van der Waals surface area contributed by atoms with Gasteiger partial charge in [0, 0.05) is 28.4 Å². The Hall–Kier alpha value is -1.69. The molecule has 0 radical (unpaired) electrons. The highest BCUT2D eigenvalue weighted by atomic mass is 35.5. The average Bonchev–Trinajstić information content (AvgIpc) is 2.44. The van der Waals surface area contributed by atoms with Crippen LogP contribution < -0.4 is 5.32 Å². The highest BCUT2D eigenvalue weighted by Crippen LogP contribution is 2.25. The number of carbonyl (C=O) groups excluding carboxylic acids is 1. The SMILES string of the molecule is O=C(NCC(O)c1ccc(Cl)cc1Cl)c1cncc(F)c1. The molecule has 0 aliphatic rings. The van der Waals surface area contributed by atoms with Crippen LogP contribution in [0.3, 0.4) is 0 Å². The van der Waals surface area contributed by atoms with Crippen LogP contribution in [-0.4, -0.2) is 22.5 Å². The van der Waals surface area contributed by atoms with Gasteiger partial charge in [0.25, 0.3) is 5.91 Å². The van der Waals surface area contributed by atoms with Crippen molar-refractivity contribution in [3.63, 3.8) is 0 Å². The Morgan fingerprint density at radius 3 is 2.76 bits per heavy atom. The van der Waals surface area contributed by atoms with Gasteiger partial charge in [-0.2, -0.15) is 0 Å². The molecule has 2 aromatic rings. The maximum atomic E-state index is 13.0. The van der Waals surface area contributed by atoms with E-state index in [0.29, 0.717) is 15.6 Å². The Kier molecular flexibility index (Phi) is 5.12. The summed E-state index contributed by atoms with van der Waals surface area (Å²) in [5.74, 6) is -1.14. The van der Waals surface area contributed by atoms with Gasteiger partial charge in [0.2, 0.25) is 0 Å². The van der Waals surface area contributed by atoms with Crippen molar-refractivity contribution in [1.29, 1.82) is 0 Å². The summed E-state index contributed by atoms with van der Waals surface area (Å²) in [6, 6.07) is 5.72. The van der Waals surface area contributed by atoms with Gasteiger partial charge in [-0.25, -0.2) is 4.39 Å². The highest BCUT2D eigenvalue weighted by molar-refractivity contribution is 6.35. The van der Waals surface area contributed by atoms with E-state index < -0.39 is 17.8 Å². The van der Waals surface area contributed by atoms with Crippen molar-refractivity contribution in [2.45, 2.75) is 6.10 Å². The summed E-state index contributed by atoms with van der Waals surface area (Å²) in [7, 11) is 0. The van der Waals surface area contributed by atoms with Gasteiger partial charge in [-0.3, -0.25) is 9.78 Å². The minimum atomic E-state index is -1.000. The van der Waals surface area contributed by atoms with Gasteiger partial charge >= 0.3 is 0 Å². The van der Waals surface area contributed by atoms with Crippen LogP contribution in [0, 0.1) is 5.82 Å². The second-order valence-electron chi connectivity index (χ2n) is 4.28. The fourth-order valence-corrected chi connectivity index (χ4v) is 2.24. The summed E-state index contributed by atoms with van der Waals surface area (Å²) in [5.41, 5.74) is 0.517. The number of hydrogen-bond donors (Lipinski definition) is 2. The lowest BCUT2D eigenvalue weighted by molar-refractivity contribution is 0.0915. The van der Waals surface area contributed by atoms with Crippen LogP contribution in [0.25, 0.3) is 0 Å². The predicted molar refractivity (Wildman–Crippen MR) is 78.0 cm³/mol. The molecule has 110 valence electrons. The Morgan fingerprint density at radius 2 is 2.10 bits per heavy atom. The maximum Gasteiger partial charge on any atom is 0.253 e. The third-order valence-corrected chi connectivity index (χ3v) is 3.31. The smallest absolute Gasteiger partial charge is 0.253 e. The first-order valence-electron chi connectivity index (χ1n) is 5.99. The lowest BCUT2D eigenvalue weighted by Crippen LogP contribution is -2.28. The van der Waals surface area contributed by atoms with Crippen molar-refractivity contribution in [3.05, 3.63) is 63.6 Å². The third kappa shape index (κ3) is 4.14. The van der Waals surface area contributed by atoms with Crippen molar-refractivity contribution in [2.24, 2.45) is 0 Å². The zero-order chi connectivity index (χ0) is 15.4. The molecule has 21 heavy (non-hydrogen) atoms. The summed E-state index contributed by atoms with van der Waals surface area (Å²) in [5, 5.41) is 13.2. The zero-order valence-corrected chi connectivity index (χ0v) is 12.2. The molecular weight excluding hydrogens is 318 g/mol. The molecule has 1 amide bonds. The number of aromatic nitrogens is 1. The van der Waals surface area contributed by atoms with Crippen LogP contribution in [0.1, 0.15) is 22.0 Å². The average molecular weight is 329 g/mol. The van der Waals surface area contributed by atoms with E-state index in [0.717, 1.165) is 12.3 Å². The van der Waals surface area contributed by atoms with E-state index in [4.69, 9.17) is 23.2 Å². The molecule has 4 nitrogen and oxygen atoms in total. The van der Waals surface area contributed by atoms with Crippen molar-refractivity contribution >= 4 is 29.1 Å². The number of aliphatic hydroxyl groups excluding tert-OH is 1. The molecule has 0 spiro atoms. The van der Waals surface area contributed by atoms with E-state index in [1.54, 1.807) is 12.1 Å². The third-order valence-electron chi connectivity index (χ3n) is 2.74. The quantitative estimate of drug-likeness (QED) is 0.906. The van der Waals surface area contributed by atoms with Gasteiger partial charge in [-0.05, 0) is 18.2 Å². The second kappa shape index (κ2) is 6.85. The molecule has 1 aromatic carbocycles. The van der Waals surface area contributed by atoms with Gasteiger partial charge in [0.05, 0.1) is 17.9 Å². The fraction of sp³-hybridized carbons (Fsp3) is 0.143. The van der Waals surface area contributed by atoms with E-state index in [2.05, 4.69) is 10.3 Å². The number of halogens is 3. The number of pyridine rings is 1. The summed E-state index contributed by atoms with van der Waals surface area (Å²) in [6.45, 7) is -0.0727. The number of benzene rings is 1. The number of nitrogens with zero attached hydrogens (tertiary/aromatic N) is 1. The molecule has 1 heterocycles. The molecular formula is C14H11Cl2FN2O2. The minimum absolute atomic E-state index is 0.0727. The van der Waals surface area contributed by atoms with E-state index in [9.17, 15) is 14.3 Å². The number of carbonyl (C=O) groups is 1. The maximum absolute atomic E-state index is 13.0. The standard InChI is InChI=1S/C14H11Cl2FN2O2/c15-9-1-2-11(12(16)4-9)13(20)7-19-14(21)8-3-10(17)6-18-5-8/h1-6,13,20H,7H2,(H,19,21). The number of aliphatic hydroxyl groups is 1. The molecule has 1 atom stereocenters. The number of rotatable bonds is 4. The van der Waals surface area contributed by atoms with Gasteiger partial charge in [0.1, 0.15) is 5.82 Å². The van der Waals surface area contributed by atoms with Crippen molar-refractivity contribution in [2.75, 3.05) is 6.54 Å². The number of nitrogens with one attached hydrogen (secondary N) is 1. The Balaban J connectivity index is 2.00. The van der Waals surface area contributed by atoms with Gasteiger partial charge < -0.3 is 10.4 Å². The Labute approximate surface area is 130 Å². The first-order chi connectivity index (χ1) is 9.97. The van der Waals surface area contributed by atoms with Crippen molar-refractivity contribution in [3.8, 4) is 0 Å². The molecule has 0 aliphatic heterocycles. The predicted octanol–water partition coefficient (Wildman–Crippen LogP) is 2.99. The molecule has 2 rings (SSSR count). The van der Waals surface area contributed by atoms with Gasteiger partial charge in [-0.1, -0.05) is 29.3 Å². The lowest BCUT2D eigenvalue weighted by atomic mass is 10.1. The molecule has 0 fully saturated rings. The fourth-order valence-electron chi connectivity index (χ4n) is 1.71. The summed E-state index contributed by atoms with van der Waals surface area (Å²) in [4.78, 5) is 15.4. The largest absolute Gasteiger partial charge is 0.387 e. The van der Waals surface area contributed by atoms with E-state index in [1.807, 2.05) is 0 Å². The van der Waals surface area contributed by atoms with Crippen LogP contribution in [0.5, 0.6) is 0 Å². The Bertz CT molecular complexity index is 667. The normalized spacial score (nSPS) is 12.0. The summed E-state index contributed by atoms with van der Waals surface area (Å²) >= 11 is 11.7. The number of amides is 1. The molecule has 7 heteroatoms. The second-order valence-corrected chi connectivity index (χ2v) is 5.13. The van der Waals surface area contributed by atoms with E-state index in [1.165, 1.54) is 12.3 Å². The first kappa shape index (κ1) is 15.7. The van der Waals surface area contributed by atoms with Gasteiger partial charge in [0.15, 0.2) is 0 Å². The van der Waals surface area contributed by atoms with Crippen molar-refractivity contribution in [1.82, 2.24) is 10.3 Å².